The molecule has 19 heavy (non-hydrogen) atoms. The third kappa shape index (κ3) is 4.41. The van der Waals surface area contributed by atoms with E-state index in [0.29, 0.717) is 5.56 Å². The molecule has 1 aromatic carbocycles. The van der Waals surface area contributed by atoms with Gasteiger partial charge in [0.15, 0.2) is 0 Å². The first-order chi connectivity index (χ1) is 9.08. The number of nitrogens with one attached hydrogen (secondary N) is 1. The molecule has 6 heteroatoms. The number of rotatable bonds is 3. The molecule has 1 amide bonds. The summed E-state index contributed by atoms with van der Waals surface area (Å²) >= 11 is 0. The van der Waals surface area contributed by atoms with Crippen molar-refractivity contribution in [2.75, 3.05) is 20.2 Å². The molecule has 0 heterocycles. The van der Waals surface area contributed by atoms with Crippen LogP contribution in [0.5, 0.6) is 0 Å². The Labute approximate surface area is 109 Å². The molecule has 0 fully saturated rings. The number of hydrogen-bond acceptors (Lipinski definition) is 4. The molecule has 0 saturated heterocycles. The van der Waals surface area contributed by atoms with Gasteiger partial charge in [-0.15, -0.1) is 0 Å². The lowest BCUT2D eigenvalue weighted by atomic mass is 10.1. The van der Waals surface area contributed by atoms with E-state index < -0.39 is 17.7 Å². The first-order valence-electron chi connectivity index (χ1n) is 5.42. The van der Waals surface area contributed by atoms with Gasteiger partial charge in [-0.05, 0) is 18.2 Å². The van der Waals surface area contributed by atoms with Crippen molar-refractivity contribution in [2.24, 2.45) is 5.73 Å². The van der Waals surface area contributed by atoms with Crippen LogP contribution in [-0.4, -0.2) is 32.1 Å². The zero-order valence-corrected chi connectivity index (χ0v) is 10.3. The van der Waals surface area contributed by atoms with Gasteiger partial charge in [-0.1, -0.05) is 11.8 Å². The van der Waals surface area contributed by atoms with Crippen LogP contribution in [0.25, 0.3) is 0 Å². The predicted octanol–water partition coefficient (Wildman–Crippen LogP) is 0.0387. The Hall–Kier alpha value is -2.39. The minimum Gasteiger partial charge on any atom is -0.468 e. The van der Waals surface area contributed by atoms with E-state index in [-0.39, 0.29) is 18.7 Å². The van der Waals surface area contributed by atoms with E-state index in [4.69, 9.17) is 5.73 Å². The number of methoxy groups -OCH3 is 1. The number of hydrogen-bond donors (Lipinski definition) is 2. The molecule has 1 rings (SSSR count). The molecule has 0 atom stereocenters. The van der Waals surface area contributed by atoms with E-state index in [1.807, 2.05) is 0 Å². The molecule has 100 valence electrons. The van der Waals surface area contributed by atoms with Gasteiger partial charge >= 0.3 is 5.97 Å². The summed E-state index contributed by atoms with van der Waals surface area (Å²) in [4.78, 5) is 22.7. The summed E-state index contributed by atoms with van der Waals surface area (Å²) in [5.41, 5.74) is 5.63. The fourth-order valence-corrected chi connectivity index (χ4v) is 1.28. The highest BCUT2D eigenvalue weighted by Crippen LogP contribution is 2.10. The van der Waals surface area contributed by atoms with Gasteiger partial charge in [-0.25, -0.2) is 4.39 Å². The second-order valence-corrected chi connectivity index (χ2v) is 3.45. The normalized spacial score (nSPS) is 9.21. The quantitative estimate of drug-likeness (QED) is 0.596. The number of nitrogens with two attached hydrogens (primary N) is 1. The molecule has 5 nitrogen and oxygen atoms in total. The smallest absolute Gasteiger partial charge is 0.325 e. The number of esters is 1. The maximum absolute atomic E-state index is 13.2. The van der Waals surface area contributed by atoms with Gasteiger partial charge in [0.1, 0.15) is 12.4 Å². The van der Waals surface area contributed by atoms with Crippen molar-refractivity contribution < 1.29 is 18.7 Å². The molecular formula is C13H13FN2O3. The Morgan fingerprint density at radius 1 is 1.47 bits per heavy atom. The molecular weight excluding hydrogens is 251 g/mol. The summed E-state index contributed by atoms with van der Waals surface area (Å²) in [6, 6.07) is 3.62. The highest BCUT2D eigenvalue weighted by Gasteiger charge is 2.12. The number of benzene rings is 1. The van der Waals surface area contributed by atoms with E-state index in [2.05, 4.69) is 21.9 Å². The average Bonchev–Trinajstić information content (AvgIpc) is 2.42. The van der Waals surface area contributed by atoms with Gasteiger partial charge in [0.25, 0.3) is 5.91 Å². The Kier molecular flexibility index (Phi) is 5.51. The van der Waals surface area contributed by atoms with Crippen molar-refractivity contribution in [3.05, 3.63) is 35.1 Å². The van der Waals surface area contributed by atoms with Crippen LogP contribution in [0.2, 0.25) is 0 Å². The first kappa shape index (κ1) is 14.7. The Morgan fingerprint density at radius 3 is 2.84 bits per heavy atom. The van der Waals surface area contributed by atoms with Crippen molar-refractivity contribution in [3.63, 3.8) is 0 Å². The van der Waals surface area contributed by atoms with Crippen LogP contribution in [0.4, 0.5) is 4.39 Å². The maximum Gasteiger partial charge on any atom is 0.325 e. The third-order valence-electron chi connectivity index (χ3n) is 2.17. The lowest BCUT2D eigenvalue weighted by Gasteiger charge is -2.06. The number of amides is 1. The van der Waals surface area contributed by atoms with Crippen molar-refractivity contribution in [3.8, 4) is 11.8 Å². The minimum absolute atomic E-state index is 0.0462. The molecule has 0 unspecified atom stereocenters. The number of halogens is 1. The van der Waals surface area contributed by atoms with E-state index >= 15 is 0 Å². The Balaban J connectivity index is 2.94. The van der Waals surface area contributed by atoms with Gasteiger partial charge in [-0.3, -0.25) is 9.59 Å². The maximum atomic E-state index is 13.2. The lowest BCUT2D eigenvalue weighted by Crippen LogP contribution is -2.30. The second kappa shape index (κ2) is 7.13. The Morgan fingerprint density at radius 2 is 2.21 bits per heavy atom. The number of ether oxygens (including phenoxy) is 1. The molecule has 0 aromatic heterocycles. The summed E-state index contributed by atoms with van der Waals surface area (Å²) in [5, 5.41) is 2.31. The fourth-order valence-electron chi connectivity index (χ4n) is 1.28. The summed E-state index contributed by atoms with van der Waals surface area (Å²) in [7, 11) is 1.20. The Bertz CT molecular complexity index is 547. The van der Waals surface area contributed by atoms with Crippen molar-refractivity contribution in [1.29, 1.82) is 0 Å². The van der Waals surface area contributed by atoms with E-state index in [1.54, 1.807) is 0 Å². The van der Waals surface area contributed by atoms with Gasteiger partial charge in [0.2, 0.25) is 0 Å². The van der Waals surface area contributed by atoms with Crippen molar-refractivity contribution in [2.45, 2.75) is 0 Å². The van der Waals surface area contributed by atoms with Gasteiger partial charge in [-0.2, -0.15) is 0 Å². The van der Waals surface area contributed by atoms with Crippen LogP contribution in [-0.2, 0) is 9.53 Å². The van der Waals surface area contributed by atoms with Crippen molar-refractivity contribution >= 4 is 11.9 Å². The van der Waals surface area contributed by atoms with Crippen LogP contribution in [0.1, 0.15) is 15.9 Å². The molecule has 0 saturated carbocycles. The molecule has 0 aliphatic heterocycles. The molecule has 0 spiro atoms. The lowest BCUT2D eigenvalue weighted by molar-refractivity contribution is -0.139. The summed E-state index contributed by atoms with van der Waals surface area (Å²) in [6.45, 7) is -0.170. The minimum atomic E-state index is -0.605. The average molecular weight is 264 g/mol. The number of carbonyl (C=O) groups is 2. The largest absolute Gasteiger partial charge is 0.468 e. The second-order valence-electron chi connectivity index (χ2n) is 3.45. The van der Waals surface area contributed by atoms with Gasteiger partial charge in [0.05, 0.1) is 19.2 Å². The predicted molar refractivity (Wildman–Crippen MR) is 66.7 cm³/mol. The SMILES string of the molecule is COC(=O)CNC(=O)c1cc(F)ccc1C#CCN. The third-order valence-corrected chi connectivity index (χ3v) is 2.17. The molecule has 0 radical (unpaired) electrons. The zero-order valence-electron chi connectivity index (χ0n) is 10.3. The highest BCUT2D eigenvalue weighted by molar-refractivity contribution is 5.98. The van der Waals surface area contributed by atoms with Gasteiger partial charge < -0.3 is 15.8 Å². The van der Waals surface area contributed by atoms with E-state index in [1.165, 1.54) is 19.2 Å². The zero-order chi connectivity index (χ0) is 14.3. The fraction of sp³-hybridized carbons (Fsp3) is 0.231. The van der Waals surface area contributed by atoms with Crippen molar-refractivity contribution in [1.82, 2.24) is 5.32 Å². The molecule has 1 aromatic rings. The van der Waals surface area contributed by atoms with E-state index in [9.17, 15) is 14.0 Å². The summed E-state index contributed by atoms with van der Waals surface area (Å²) in [5.74, 6) is 3.47. The molecule has 3 N–H and O–H groups in total. The van der Waals surface area contributed by atoms with Crippen LogP contribution in [0.15, 0.2) is 18.2 Å². The topological polar surface area (TPSA) is 81.4 Å². The van der Waals surface area contributed by atoms with Crippen LogP contribution in [0.3, 0.4) is 0 Å². The molecule has 0 aliphatic rings. The monoisotopic (exact) mass is 264 g/mol. The first-order valence-corrected chi connectivity index (χ1v) is 5.42. The summed E-state index contributed by atoms with van der Waals surface area (Å²) in [6.07, 6.45) is 0. The van der Waals surface area contributed by atoms with Gasteiger partial charge in [0, 0.05) is 5.56 Å². The number of carbonyl (C=O) groups excluding carboxylic acids is 2. The standard InChI is InChI=1S/C13H13FN2O3/c1-19-12(17)8-16-13(18)11-7-10(14)5-4-9(11)3-2-6-15/h4-5,7H,6,8,15H2,1H3,(H,16,18). The highest BCUT2D eigenvalue weighted by atomic mass is 19.1. The van der Waals surface area contributed by atoms with Crippen LogP contribution < -0.4 is 11.1 Å². The molecule has 0 bridgehead atoms. The van der Waals surface area contributed by atoms with E-state index in [0.717, 1.165) is 6.07 Å². The van der Waals surface area contributed by atoms with Crippen LogP contribution >= 0.6 is 0 Å². The summed E-state index contributed by atoms with van der Waals surface area (Å²) < 4.78 is 17.5. The molecule has 0 aliphatic carbocycles. The van der Waals surface area contributed by atoms with Crippen LogP contribution in [0, 0.1) is 17.7 Å².